The maximum Gasteiger partial charge on any atom is 0.337 e. The van der Waals surface area contributed by atoms with Gasteiger partial charge in [0.2, 0.25) is 0 Å². The molecular weight excluding hydrogens is 310 g/mol. The molecule has 0 spiro atoms. The van der Waals surface area contributed by atoms with E-state index in [1.807, 2.05) is 18.2 Å². The minimum atomic E-state index is -0.284. The second-order valence-corrected chi connectivity index (χ2v) is 7.00. The zero-order valence-corrected chi connectivity index (χ0v) is 15.9. The summed E-state index contributed by atoms with van der Waals surface area (Å²) in [5.74, 6) is -0.284. The molecule has 2 aromatic rings. The summed E-state index contributed by atoms with van der Waals surface area (Å²) >= 11 is 0. The topological polar surface area (TPSA) is 42.1 Å². The smallest absolute Gasteiger partial charge is 0.337 e. The first kappa shape index (κ1) is 19.6. The maximum atomic E-state index is 11.6. The fourth-order valence-corrected chi connectivity index (χ4v) is 3.44. The molecule has 0 fully saturated rings. The fourth-order valence-electron chi connectivity index (χ4n) is 3.44. The van der Waals surface area contributed by atoms with Gasteiger partial charge in [0.1, 0.15) is 0 Å². The van der Waals surface area contributed by atoms with Gasteiger partial charge in [-0.05, 0) is 30.5 Å². The Bertz CT molecular complexity index is 645. The molecule has 0 amide bonds. The number of carbonyl (C=O) groups is 1. The molecule has 0 aliphatic carbocycles. The Morgan fingerprint density at radius 3 is 2.24 bits per heavy atom. The zero-order valence-electron chi connectivity index (χ0n) is 15.9. The molecule has 2 rings (SSSR count). The van der Waals surface area contributed by atoms with Crippen LogP contribution in [-0.4, -0.2) is 18.1 Å². The molecule has 0 saturated heterocycles. The molecule has 0 saturated carbocycles. The predicted octanol–water partition coefficient (Wildman–Crippen LogP) is 6.42. The van der Waals surface area contributed by atoms with E-state index in [0.29, 0.717) is 5.56 Å². The molecule has 138 valence electrons. The molecule has 3 heteroatoms. The third-order valence-corrected chi connectivity index (χ3v) is 4.99. The van der Waals surface area contributed by atoms with E-state index in [0.717, 1.165) is 11.9 Å². The van der Waals surface area contributed by atoms with Gasteiger partial charge in [0.25, 0.3) is 0 Å². The number of esters is 1. The van der Waals surface area contributed by atoms with E-state index in [1.54, 1.807) is 0 Å². The number of methoxy groups -OCH3 is 1. The number of unbranched alkanes of at least 4 members (excludes halogenated alkanes) is 9. The quantitative estimate of drug-likeness (QED) is 0.357. The average Bonchev–Trinajstić information content (AvgIpc) is 3.05. The molecular formula is C22H33NO2. The van der Waals surface area contributed by atoms with E-state index in [4.69, 9.17) is 4.74 Å². The summed E-state index contributed by atoms with van der Waals surface area (Å²) < 4.78 is 4.78. The zero-order chi connectivity index (χ0) is 17.9. The summed E-state index contributed by atoms with van der Waals surface area (Å²) in [6.07, 6.45) is 16.8. The summed E-state index contributed by atoms with van der Waals surface area (Å²) in [7, 11) is 1.41. The Morgan fingerprint density at radius 1 is 0.960 bits per heavy atom. The highest BCUT2D eigenvalue weighted by atomic mass is 16.5. The highest BCUT2D eigenvalue weighted by molar-refractivity contribution is 5.95. The average molecular weight is 344 g/mol. The lowest BCUT2D eigenvalue weighted by atomic mass is 10.0. The Labute approximate surface area is 152 Å². The van der Waals surface area contributed by atoms with Gasteiger partial charge in [-0.1, -0.05) is 70.8 Å². The van der Waals surface area contributed by atoms with Gasteiger partial charge in [-0.3, -0.25) is 0 Å². The van der Waals surface area contributed by atoms with Crippen molar-refractivity contribution in [1.82, 2.24) is 4.98 Å². The monoisotopic (exact) mass is 343 g/mol. The van der Waals surface area contributed by atoms with Crippen molar-refractivity contribution in [1.29, 1.82) is 0 Å². The van der Waals surface area contributed by atoms with Crippen molar-refractivity contribution in [2.45, 2.75) is 77.6 Å². The summed E-state index contributed by atoms with van der Waals surface area (Å²) in [6, 6.07) is 5.76. The van der Waals surface area contributed by atoms with Crippen molar-refractivity contribution >= 4 is 16.9 Å². The van der Waals surface area contributed by atoms with Crippen LogP contribution in [0.3, 0.4) is 0 Å². The van der Waals surface area contributed by atoms with Crippen LogP contribution in [0.1, 0.15) is 87.1 Å². The first-order chi connectivity index (χ1) is 12.3. The lowest BCUT2D eigenvalue weighted by molar-refractivity contribution is 0.0601. The van der Waals surface area contributed by atoms with Crippen molar-refractivity contribution in [2.75, 3.05) is 7.11 Å². The van der Waals surface area contributed by atoms with E-state index in [9.17, 15) is 4.79 Å². The minimum absolute atomic E-state index is 0.284. The first-order valence-electron chi connectivity index (χ1n) is 9.94. The summed E-state index contributed by atoms with van der Waals surface area (Å²) in [6.45, 7) is 2.27. The third-order valence-electron chi connectivity index (χ3n) is 4.99. The molecule has 1 heterocycles. The number of carbonyl (C=O) groups excluding carboxylic acids is 1. The van der Waals surface area contributed by atoms with Gasteiger partial charge < -0.3 is 9.72 Å². The largest absolute Gasteiger partial charge is 0.465 e. The maximum absolute atomic E-state index is 11.6. The number of hydrogen-bond donors (Lipinski definition) is 1. The molecule has 0 unspecified atom stereocenters. The number of fused-ring (bicyclic) bond motifs is 1. The second kappa shape index (κ2) is 11.0. The lowest BCUT2D eigenvalue weighted by Gasteiger charge is -2.03. The highest BCUT2D eigenvalue weighted by Crippen LogP contribution is 2.22. The molecule has 0 aliphatic rings. The van der Waals surface area contributed by atoms with E-state index < -0.39 is 0 Å². The van der Waals surface area contributed by atoms with Gasteiger partial charge in [0.15, 0.2) is 0 Å². The van der Waals surface area contributed by atoms with E-state index in [-0.39, 0.29) is 5.97 Å². The normalized spacial score (nSPS) is 11.1. The van der Waals surface area contributed by atoms with E-state index in [1.165, 1.54) is 82.3 Å². The SMILES string of the molecule is CCCCCCCCCCCCc1c[nH]c2cc(C(=O)OC)ccc12. The van der Waals surface area contributed by atoms with E-state index in [2.05, 4.69) is 18.1 Å². The number of nitrogens with one attached hydrogen (secondary N) is 1. The second-order valence-electron chi connectivity index (χ2n) is 7.00. The van der Waals surface area contributed by atoms with Gasteiger partial charge in [-0.15, -0.1) is 0 Å². The number of H-pyrrole nitrogens is 1. The van der Waals surface area contributed by atoms with Crippen molar-refractivity contribution in [3.63, 3.8) is 0 Å². The van der Waals surface area contributed by atoms with Crippen LogP contribution >= 0.6 is 0 Å². The molecule has 1 N–H and O–H groups in total. The fraction of sp³-hybridized carbons (Fsp3) is 0.591. The Morgan fingerprint density at radius 2 is 1.60 bits per heavy atom. The minimum Gasteiger partial charge on any atom is -0.465 e. The van der Waals surface area contributed by atoms with Crippen molar-refractivity contribution < 1.29 is 9.53 Å². The number of aromatic nitrogens is 1. The Kier molecular flexibility index (Phi) is 8.58. The van der Waals surface area contributed by atoms with Crippen LogP contribution in [0.5, 0.6) is 0 Å². The van der Waals surface area contributed by atoms with Gasteiger partial charge >= 0.3 is 5.97 Å². The molecule has 3 nitrogen and oxygen atoms in total. The van der Waals surface area contributed by atoms with Gasteiger partial charge in [0, 0.05) is 17.1 Å². The Balaban J connectivity index is 1.67. The van der Waals surface area contributed by atoms with Crippen LogP contribution in [-0.2, 0) is 11.2 Å². The molecule has 25 heavy (non-hydrogen) atoms. The van der Waals surface area contributed by atoms with E-state index >= 15 is 0 Å². The number of aryl methyl sites for hydroxylation is 1. The van der Waals surface area contributed by atoms with Crippen LogP contribution in [0.25, 0.3) is 10.9 Å². The molecule has 1 aromatic carbocycles. The van der Waals surface area contributed by atoms with Gasteiger partial charge in [-0.25, -0.2) is 4.79 Å². The number of aromatic amines is 1. The van der Waals surface area contributed by atoms with Crippen molar-refractivity contribution in [3.05, 3.63) is 35.5 Å². The van der Waals surface area contributed by atoms with Crippen LogP contribution in [0.4, 0.5) is 0 Å². The van der Waals surface area contributed by atoms with Gasteiger partial charge in [-0.2, -0.15) is 0 Å². The molecule has 0 radical (unpaired) electrons. The number of hydrogen-bond acceptors (Lipinski definition) is 2. The highest BCUT2D eigenvalue weighted by Gasteiger charge is 2.09. The molecule has 0 atom stereocenters. The van der Waals surface area contributed by atoms with Crippen LogP contribution in [0, 0.1) is 0 Å². The van der Waals surface area contributed by atoms with Gasteiger partial charge in [0.05, 0.1) is 12.7 Å². The summed E-state index contributed by atoms with van der Waals surface area (Å²) in [5.41, 5.74) is 2.97. The third kappa shape index (κ3) is 6.22. The number of benzene rings is 1. The Hall–Kier alpha value is -1.77. The van der Waals surface area contributed by atoms with Crippen LogP contribution in [0.15, 0.2) is 24.4 Å². The molecule has 0 bridgehead atoms. The van der Waals surface area contributed by atoms with Crippen LogP contribution < -0.4 is 0 Å². The predicted molar refractivity (Wildman–Crippen MR) is 105 cm³/mol. The first-order valence-corrected chi connectivity index (χ1v) is 9.94. The van der Waals surface area contributed by atoms with Crippen LogP contribution in [0.2, 0.25) is 0 Å². The standard InChI is InChI=1S/C22H33NO2/c1-3-4-5-6-7-8-9-10-11-12-13-19-17-23-21-16-18(22(24)25-2)14-15-20(19)21/h14-17,23H,3-13H2,1-2H3. The molecule has 1 aromatic heterocycles. The number of rotatable bonds is 12. The van der Waals surface area contributed by atoms with Crippen molar-refractivity contribution in [3.8, 4) is 0 Å². The lowest BCUT2D eigenvalue weighted by Crippen LogP contribution is -2.00. The van der Waals surface area contributed by atoms with Crippen molar-refractivity contribution in [2.24, 2.45) is 0 Å². The number of ether oxygens (including phenoxy) is 1. The summed E-state index contributed by atoms with van der Waals surface area (Å²) in [4.78, 5) is 14.9. The summed E-state index contributed by atoms with van der Waals surface area (Å²) in [5, 5.41) is 1.23. The molecule has 0 aliphatic heterocycles.